The summed E-state index contributed by atoms with van der Waals surface area (Å²) in [5.41, 5.74) is 2.97. The second-order valence-corrected chi connectivity index (χ2v) is 6.32. The van der Waals surface area contributed by atoms with Crippen LogP contribution in [-0.2, 0) is 9.53 Å². The van der Waals surface area contributed by atoms with Crippen molar-refractivity contribution in [3.8, 4) is 0 Å². The van der Waals surface area contributed by atoms with Gasteiger partial charge in [0.15, 0.2) is 0 Å². The van der Waals surface area contributed by atoms with Crippen molar-refractivity contribution in [3.63, 3.8) is 0 Å². The van der Waals surface area contributed by atoms with Crippen LogP contribution in [0, 0.1) is 0 Å². The number of hydrogen-bond acceptors (Lipinski definition) is 4. The highest BCUT2D eigenvalue weighted by molar-refractivity contribution is 5.94. The van der Waals surface area contributed by atoms with Gasteiger partial charge in [0.2, 0.25) is 0 Å². The number of anilines is 3. The van der Waals surface area contributed by atoms with Crippen molar-refractivity contribution in [1.82, 2.24) is 4.98 Å². The van der Waals surface area contributed by atoms with E-state index in [1.54, 1.807) is 6.20 Å². The van der Waals surface area contributed by atoms with Crippen molar-refractivity contribution in [2.24, 2.45) is 0 Å². The van der Waals surface area contributed by atoms with E-state index in [1.165, 1.54) is 5.56 Å². The molecule has 1 aliphatic rings. The molecule has 0 saturated carbocycles. The first kappa shape index (κ1) is 16.5. The molecule has 126 valence electrons. The van der Waals surface area contributed by atoms with E-state index in [2.05, 4.69) is 41.6 Å². The molecule has 1 aliphatic heterocycles. The van der Waals surface area contributed by atoms with Crippen molar-refractivity contribution in [2.45, 2.75) is 38.7 Å². The van der Waals surface area contributed by atoms with Gasteiger partial charge in [-0.25, -0.2) is 4.98 Å². The van der Waals surface area contributed by atoms with Gasteiger partial charge in [0, 0.05) is 12.3 Å². The van der Waals surface area contributed by atoms with Crippen LogP contribution < -0.4 is 10.6 Å². The van der Waals surface area contributed by atoms with Crippen LogP contribution in [0.25, 0.3) is 0 Å². The lowest BCUT2D eigenvalue weighted by molar-refractivity contribution is -0.124. The van der Waals surface area contributed by atoms with E-state index in [0.717, 1.165) is 24.3 Å². The lowest BCUT2D eigenvalue weighted by Crippen LogP contribution is -2.26. The number of nitrogens with one attached hydrogen (secondary N) is 2. The van der Waals surface area contributed by atoms with Gasteiger partial charge in [-0.2, -0.15) is 0 Å². The molecule has 1 unspecified atom stereocenters. The van der Waals surface area contributed by atoms with Gasteiger partial charge >= 0.3 is 0 Å². The Morgan fingerprint density at radius 1 is 1.17 bits per heavy atom. The van der Waals surface area contributed by atoms with Gasteiger partial charge in [-0.1, -0.05) is 26.0 Å². The Bertz CT molecular complexity index is 675. The molecule has 0 radical (unpaired) electrons. The minimum Gasteiger partial charge on any atom is -0.368 e. The van der Waals surface area contributed by atoms with Gasteiger partial charge in [-0.3, -0.25) is 4.79 Å². The van der Waals surface area contributed by atoms with Crippen LogP contribution in [0.15, 0.2) is 42.6 Å². The smallest absolute Gasteiger partial charge is 0.253 e. The maximum atomic E-state index is 12.0. The first-order valence-electron chi connectivity index (χ1n) is 8.37. The van der Waals surface area contributed by atoms with Crippen LogP contribution >= 0.6 is 0 Å². The monoisotopic (exact) mass is 325 g/mol. The predicted octanol–water partition coefficient (Wildman–Crippen LogP) is 4.07. The zero-order valence-electron chi connectivity index (χ0n) is 14.1. The number of ether oxygens (including phenoxy) is 1. The van der Waals surface area contributed by atoms with Crippen molar-refractivity contribution in [3.05, 3.63) is 48.2 Å². The van der Waals surface area contributed by atoms with Gasteiger partial charge in [0.1, 0.15) is 11.9 Å². The molecule has 1 saturated heterocycles. The summed E-state index contributed by atoms with van der Waals surface area (Å²) in [5.74, 6) is 1.16. The predicted molar refractivity (Wildman–Crippen MR) is 95.7 cm³/mol. The Morgan fingerprint density at radius 3 is 2.50 bits per heavy atom. The topological polar surface area (TPSA) is 63.2 Å². The third-order valence-electron chi connectivity index (χ3n) is 4.10. The fourth-order valence-corrected chi connectivity index (χ4v) is 2.65. The number of amides is 1. The Hall–Kier alpha value is -2.40. The summed E-state index contributed by atoms with van der Waals surface area (Å²) in [5, 5.41) is 6.10. The van der Waals surface area contributed by atoms with Crippen LogP contribution in [0.3, 0.4) is 0 Å². The number of carbonyl (C=O) groups excluding carboxylic acids is 1. The highest BCUT2D eigenvalue weighted by atomic mass is 16.5. The zero-order valence-corrected chi connectivity index (χ0v) is 14.1. The molecule has 5 heteroatoms. The van der Waals surface area contributed by atoms with Crippen LogP contribution in [0.1, 0.15) is 38.2 Å². The van der Waals surface area contributed by atoms with Crippen LogP contribution in [-0.4, -0.2) is 23.6 Å². The molecule has 2 N–H and O–H groups in total. The molecule has 0 bridgehead atoms. The molecule has 5 nitrogen and oxygen atoms in total. The van der Waals surface area contributed by atoms with Gasteiger partial charge in [0.05, 0.1) is 11.9 Å². The van der Waals surface area contributed by atoms with E-state index in [1.807, 2.05) is 24.3 Å². The third-order valence-corrected chi connectivity index (χ3v) is 4.10. The van der Waals surface area contributed by atoms with Gasteiger partial charge in [-0.15, -0.1) is 0 Å². The maximum Gasteiger partial charge on any atom is 0.253 e. The first-order chi connectivity index (χ1) is 11.6. The first-order valence-corrected chi connectivity index (χ1v) is 8.37. The van der Waals surface area contributed by atoms with Crippen molar-refractivity contribution >= 4 is 23.1 Å². The Kier molecular flexibility index (Phi) is 5.11. The Labute approximate surface area is 142 Å². The molecular formula is C19H23N3O2. The minimum absolute atomic E-state index is 0.0979. The SMILES string of the molecule is CC(C)c1ccc(Nc2ccc(NC(=O)C3CCCO3)cn2)cc1. The maximum absolute atomic E-state index is 12.0. The molecule has 1 aromatic carbocycles. The van der Waals surface area contributed by atoms with E-state index >= 15 is 0 Å². The number of aromatic nitrogens is 1. The molecule has 0 spiro atoms. The number of nitrogens with zero attached hydrogens (tertiary/aromatic N) is 1. The fourth-order valence-electron chi connectivity index (χ4n) is 2.65. The lowest BCUT2D eigenvalue weighted by atomic mass is 10.0. The summed E-state index contributed by atoms with van der Waals surface area (Å²) in [6, 6.07) is 12.0. The normalized spacial score (nSPS) is 17.0. The molecule has 1 aromatic heterocycles. The van der Waals surface area contributed by atoms with Crippen molar-refractivity contribution in [2.75, 3.05) is 17.2 Å². The second-order valence-electron chi connectivity index (χ2n) is 6.32. The molecule has 0 aliphatic carbocycles. The summed E-state index contributed by atoms with van der Waals surface area (Å²) in [4.78, 5) is 16.3. The quantitative estimate of drug-likeness (QED) is 0.870. The summed E-state index contributed by atoms with van der Waals surface area (Å²) in [6.45, 7) is 5.01. The van der Waals surface area contributed by atoms with Crippen LogP contribution in [0.2, 0.25) is 0 Å². The second kappa shape index (κ2) is 7.45. The van der Waals surface area contributed by atoms with E-state index in [-0.39, 0.29) is 12.0 Å². The summed E-state index contributed by atoms with van der Waals surface area (Å²) in [6.07, 6.45) is 3.04. The van der Waals surface area contributed by atoms with Crippen LogP contribution in [0.4, 0.5) is 17.2 Å². The van der Waals surface area contributed by atoms with E-state index < -0.39 is 0 Å². The Balaban J connectivity index is 1.58. The average Bonchev–Trinajstić information content (AvgIpc) is 3.12. The average molecular weight is 325 g/mol. The number of benzene rings is 1. The van der Waals surface area contributed by atoms with Crippen LogP contribution in [0.5, 0.6) is 0 Å². The molecule has 2 heterocycles. The van der Waals surface area contributed by atoms with Gasteiger partial charge in [0.25, 0.3) is 5.91 Å². The highest BCUT2D eigenvalue weighted by Crippen LogP contribution is 2.21. The molecular weight excluding hydrogens is 302 g/mol. The molecule has 3 rings (SSSR count). The number of rotatable bonds is 5. The molecule has 2 aromatic rings. The fraction of sp³-hybridized carbons (Fsp3) is 0.368. The largest absolute Gasteiger partial charge is 0.368 e. The highest BCUT2D eigenvalue weighted by Gasteiger charge is 2.23. The van der Waals surface area contributed by atoms with Gasteiger partial charge < -0.3 is 15.4 Å². The van der Waals surface area contributed by atoms with E-state index in [9.17, 15) is 4.79 Å². The minimum atomic E-state index is -0.331. The van der Waals surface area contributed by atoms with Crippen molar-refractivity contribution in [1.29, 1.82) is 0 Å². The molecule has 24 heavy (non-hydrogen) atoms. The summed E-state index contributed by atoms with van der Waals surface area (Å²) >= 11 is 0. The molecule has 1 atom stereocenters. The number of carbonyl (C=O) groups is 1. The third kappa shape index (κ3) is 4.11. The molecule has 1 fully saturated rings. The Morgan fingerprint density at radius 2 is 1.92 bits per heavy atom. The summed E-state index contributed by atoms with van der Waals surface area (Å²) < 4.78 is 5.37. The van der Waals surface area contributed by atoms with E-state index in [0.29, 0.717) is 18.2 Å². The summed E-state index contributed by atoms with van der Waals surface area (Å²) in [7, 11) is 0. The molecule has 1 amide bonds. The van der Waals surface area contributed by atoms with Crippen molar-refractivity contribution < 1.29 is 9.53 Å². The lowest BCUT2D eigenvalue weighted by Gasteiger charge is -2.11. The standard InChI is InChI=1S/C19H23N3O2/c1-13(2)14-5-7-15(8-6-14)21-18-10-9-16(12-20-18)22-19(23)17-4-3-11-24-17/h5-10,12-13,17H,3-4,11H2,1-2H3,(H,20,21)(H,22,23). The number of pyridine rings is 1. The van der Waals surface area contributed by atoms with E-state index in [4.69, 9.17) is 4.74 Å². The zero-order chi connectivity index (χ0) is 16.9. The van der Waals surface area contributed by atoms with Gasteiger partial charge in [-0.05, 0) is 48.6 Å². The number of hydrogen-bond donors (Lipinski definition) is 2.